The number of rotatable bonds is 1. The maximum absolute atomic E-state index is 11.6. The molecule has 2 heterocycles. The molecule has 0 fully saturated rings. The van der Waals surface area contributed by atoms with Crippen molar-refractivity contribution in [2.45, 2.75) is 0 Å². The number of hydrazine groups is 1. The Morgan fingerprint density at radius 1 is 1.39 bits per heavy atom. The van der Waals surface area contributed by atoms with Gasteiger partial charge in [-0.2, -0.15) is 5.10 Å². The second-order valence-corrected chi connectivity index (χ2v) is 3.66. The molecule has 0 radical (unpaired) electrons. The highest BCUT2D eigenvalue weighted by atomic mass is 16.2. The van der Waals surface area contributed by atoms with E-state index in [9.17, 15) is 9.59 Å². The van der Waals surface area contributed by atoms with Crippen molar-refractivity contribution >= 4 is 34.0 Å². The zero-order valence-electron chi connectivity index (χ0n) is 9.02. The highest BCUT2D eigenvalue weighted by Gasteiger charge is 2.20. The Labute approximate surface area is 99.9 Å². The first-order valence-electron chi connectivity index (χ1n) is 5.09. The summed E-state index contributed by atoms with van der Waals surface area (Å²) >= 11 is 0. The normalized spacial score (nSPS) is 12.8. The van der Waals surface area contributed by atoms with Gasteiger partial charge in [0.15, 0.2) is 11.7 Å². The van der Waals surface area contributed by atoms with Crippen molar-refractivity contribution in [1.29, 1.82) is 0 Å². The molecule has 0 atom stereocenters. The fourth-order valence-corrected chi connectivity index (χ4v) is 1.82. The predicted octanol–water partition coefficient (Wildman–Crippen LogP) is -0.632. The van der Waals surface area contributed by atoms with Crippen molar-refractivity contribution < 1.29 is 4.79 Å². The average molecular weight is 244 g/mol. The predicted molar refractivity (Wildman–Crippen MR) is 65.4 cm³/mol. The summed E-state index contributed by atoms with van der Waals surface area (Å²) < 4.78 is 0. The van der Waals surface area contributed by atoms with Crippen LogP contribution in [0.2, 0.25) is 0 Å². The number of nitrogens with zero attached hydrogens (tertiary/aromatic N) is 2. The molecule has 0 spiro atoms. The van der Waals surface area contributed by atoms with Gasteiger partial charge in [0.25, 0.3) is 5.56 Å². The molecule has 1 aromatic heterocycles. The summed E-state index contributed by atoms with van der Waals surface area (Å²) in [4.78, 5) is 27.0. The first-order valence-corrected chi connectivity index (χ1v) is 5.09. The summed E-state index contributed by atoms with van der Waals surface area (Å²) in [5, 5.41) is 9.99. The Bertz CT molecular complexity index is 748. The maximum Gasteiger partial charge on any atom is 0.301 e. The molecule has 3 rings (SSSR count). The second-order valence-electron chi connectivity index (χ2n) is 3.66. The van der Waals surface area contributed by atoms with Gasteiger partial charge in [0.2, 0.25) is 0 Å². The van der Waals surface area contributed by atoms with Crippen LogP contribution in [0.1, 0.15) is 0 Å². The van der Waals surface area contributed by atoms with Crippen molar-refractivity contribution in [2.24, 2.45) is 10.8 Å². The second kappa shape index (κ2) is 3.64. The van der Waals surface area contributed by atoms with Crippen LogP contribution in [0.15, 0.2) is 28.0 Å². The monoisotopic (exact) mass is 244 g/mol. The van der Waals surface area contributed by atoms with E-state index in [1.54, 1.807) is 18.2 Å². The number of hydrogen-bond acceptors (Lipinski definition) is 6. The smallest absolute Gasteiger partial charge is 0.301 e. The van der Waals surface area contributed by atoms with Gasteiger partial charge < -0.3 is 5.32 Å². The molecule has 18 heavy (non-hydrogen) atoms. The number of amidine groups is 1. The third kappa shape index (κ3) is 1.36. The van der Waals surface area contributed by atoms with Crippen LogP contribution in [0.4, 0.5) is 11.5 Å². The number of nitrogens with two attached hydrogens (primary N) is 1. The highest BCUT2D eigenvalue weighted by molar-refractivity contribution is 6.44. The molecular formula is C10H8N6O2. The first kappa shape index (κ1) is 10.4. The molecule has 0 unspecified atom stereocenters. The molecule has 1 amide bonds. The summed E-state index contributed by atoms with van der Waals surface area (Å²) in [6, 6.07) is 5.09. The molecule has 0 saturated carbocycles. The largest absolute Gasteiger partial charge is 0.335 e. The van der Waals surface area contributed by atoms with Crippen molar-refractivity contribution in [2.75, 3.05) is 5.32 Å². The Hall–Kier alpha value is -2.74. The standard InChI is InChI=1S/C10H8N6O2/c11-14-10(18)8-12-5-3-1-2-4-6(5)7(13-8)15-16-9(4)17/h1-3H,11H2,(H,14,18)(H,16,17)(H,12,13,15). The number of carbonyl (C=O) groups excluding carboxylic acids is 1. The number of carbonyl (C=O) groups is 1. The van der Waals surface area contributed by atoms with Crippen molar-refractivity contribution in [3.05, 3.63) is 28.6 Å². The molecule has 0 bridgehead atoms. The molecule has 5 N–H and O–H groups in total. The van der Waals surface area contributed by atoms with E-state index in [1.165, 1.54) is 0 Å². The van der Waals surface area contributed by atoms with Gasteiger partial charge in [0.1, 0.15) is 0 Å². The van der Waals surface area contributed by atoms with Gasteiger partial charge in [-0.15, -0.1) is 0 Å². The van der Waals surface area contributed by atoms with Crippen LogP contribution in [0, 0.1) is 0 Å². The number of amides is 1. The van der Waals surface area contributed by atoms with E-state index in [1.807, 2.05) is 5.43 Å². The minimum Gasteiger partial charge on any atom is -0.335 e. The Balaban J connectivity index is 2.32. The summed E-state index contributed by atoms with van der Waals surface area (Å²) in [5.74, 6) is 4.78. The van der Waals surface area contributed by atoms with Crippen LogP contribution in [-0.4, -0.2) is 21.9 Å². The quantitative estimate of drug-likeness (QED) is 0.302. The van der Waals surface area contributed by atoms with E-state index in [0.29, 0.717) is 16.5 Å². The van der Waals surface area contributed by atoms with Gasteiger partial charge in [-0.05, 0) is 12.1 Å². The lowest BCUT2D eigenvalue weighted by atomic mass is 10.1. The summed E-state index contributed by atoms with van der Waals surface area (Å²) in [6.45, 7) is 0. The third-order valence-corrected chi connectivity index (χ3v) is 2.61. The fourth-order valence-electron chi connectivity index (χ4n) is 1.82. The van der Waals surface area contributed by atoms with Gasteiger partial charge in [-0.3, -0.25) is 15.0 Å². The van der Waals surface area contributed by atoms with Crippen LogP contribution in [-0.2, 0) is 4.79 Å². The molecule has 2 aromatic rings. The van der Waals surface area contributed by atoms with Crippen molar-refractivity contribution in [1.82, 2.24) is 15.6 Å². The topological polar surface area (TPSA) is 125 Å². The van der Waals surface area contributed by atoms with Crippen molar-refractivity contribution in [3.8, 4) is 0 Å². The zero-order chi connectivity index (χ0) is 12.7. The summed E-state index contributed by atoms with van der Waals surface area (Å²) in [7, 11) is 0. The van der Waals surface area contributed by atoms with E-state index in [4.69, 9.17) is 5.84 Å². The van der Waals surface area contributed by atoms with Crippen LogP contribution < -0.4 is 22.1 Å². The lowest BCUT2D eigenvalue weighted by Gasteiger charge is -2.16. The number of nitrogens with one attached hydrogen (secondary N) is 3. The molecule has 0 aliphatic carbocycles. The van der Waals surface area contributed by atoms with Gasteiger partial charge in [-0.25, -0.2) is 15.9 Å². The molecule has 1 aliphatic rings. The number of H-pyrrole nitrogens is 1. The number of aliphatic imine (C=N–C) groups is 1. The Morgan fingerprint density at radius 3 is 3.00 bits per heavy atom. The number of hydrogen-bond donors (Lipinski definition) is 4. The van der Waals surface area contributed by atoms with Crippen LogP contribution in [0.25, 0.3) is 10.8 Å². The highest BCUT2D eigenvalue weighted by Crippen LogP contribution is 2.31. The van der Waals surface area contributed by atoms with Gasteiger partial charge in [-0.1, -0.05) is 6.07 Å². The first-order chi connectivity index (χ1) is 8.70. The van der Waals surface area contributed by atoms with Gasteiger partial charge >= 0.3 is 5.91 Å². The number of aromatic amines is 1. The maximum atomic E-state index is 11.6. The SMILES string of the molecule is NNC(=O)C1=Nc2n[nH]c(=O)c3cccc(c23)N1. The van der Waals surface area contributed by atoms with Crippen LogP contribution in [0.5, 0.6) is 0 Å². The fraction of sp³-hybridized carbons (Fsp3) is 0. The summed E-state index contributed by atoms with van der Waals surface area (Å²) in [6.07, 6.45) is 0. The lowest BCUT2D eigenvalue weighted by Crippen LogP contribution is -2.40. The van der Waals surface area contributed by atoms with Gasteiger partial charge in [0, 0.05) is 0 Å². The van der Waals surface area contributed by atoms with E-state index < -0.39 is 5.91 Å². The number of anilines is 1. The number of benzene rings is 1. The molecule has 1 aromatic carbocycles. The van der Waals surface area contributed by atoms with E-state index in [-0.39, 0.29) is 17.2 Å². The number of aromatic nitrogens is 2. The van der Waals surface area contributed by atoms with Crippen LogP contribution >= 0.6 is 0 Å². The van der Waals surface area contributed by atoms with Crippen LogP contribution in [0.3, 0.4) is 0 Å². The molecule has 0 saturated heterocycles. The van der Waals surface area contributed by atoms with E-state index >= 15 is 0 Å². The third-order valence-electron chi connectivity index (χ3n) is 2.61. The van der Waals surface area contributed by atoms with Gasteiger partial charge in [0.05, 0.1) is 16.5 Å². The Kier molecular flexibility index (Phi) is 2.10. The Morgan fingerprint density at radius 2 is 2.22 bits per heavy atom. The molecule has 1 aliphatic heterocycles. The molecule has 8 nitrogen and oxygen atoms in total. The zero-order valence-corrected chi connectivity index (χ0v) is 9.02. The molecule has 90 valence electrons. The lowest BCUT2D eigenvalue weighted by molar-refractivity contribution is -0.114. The van der Waals surface area contributed by atoms with E-state index in [2.05, 4.69) is 20.5 Å². The minimum absolute atomic E-state index is 0.0250. The summed E-state index contributed by atoms with van der Waals surface area (Å²) in [5.41, 5.74) is 2.26. The molecule has 8 heteroatoms. The van der Waals surface area contributed by atoms with E-state index in [0.717, 1.165) is 0 Å². The molecular weight excluding hydrogens is 236 g/mol. The van der Waals surface area contributed by atoms with Crippen molar-refractivity contribution in [3.63, 3.8) is 0 Å². The average Bonchev–Trinajstić information content (AvgIpc) is 2.41. The minimum atomic E-state index is -0.564.